The minimum absolute atomic E-state index is 0.0273. The molecule has 0 radical (unpaired) electrons. The Bertz CT molecular complexity index is 1050. The largest absolute Gasteiger partial charge is 0.338 e. The molecule has 2 heterocycles. The summed E-state index contributed by atoms with van der Waals surface area (Å²) in [5.74, 6) is -0.0273. The minimum atomic E-state index is -3.59. The van der Waals surface area contributed by atoms with Crippen molar-refractivity contribution in [1.82, 2.24) is 4.90 Å². The number of sulfonamides is 1. The molecule has 0 aliphatic carbocycles. The van der Waals surface area contributed by atoms with Crippen molar-refractivity contribution in [2.75, 3.05) is 17.8 Å². The first-order valence-electron chi connectivity index (χ1n) is 9.05. The number of rotatable bonds is 4. The van der Waals surface area contributed by atoms with Crippen LogP contribution >= 0.6 is 11.3 Å². The van der Waals surface area contributed by atoms with E-state index in [9.17, 15) is 13.2 Å². The fourth-order valence-corrected chi connectivity index (χ4v) is 5.41. The van der Waals surface area contributed by atoms with E-state index in [1.165, 1.54) is 11.1 Å². The minimum Gasteiger partial charge on any atom is -0.338 e. The molecule has 1 aliphatic rings. The van der Waals surface area contributed by atoms with E-state index in [1.807, 2.05) is 17.0 Å². The molecule has 3 aromatic rings. The van der Waals surface area contributed by atoms with E-state index in [0.29, 0.717) is 24.3 Å². The number of nitrogens with zero attached hydrogens (tertiary/aromatic N) is 1. The van der Waals surface area contributed by atoms with Crippen LogP contribution in [0.5, 0.6) is 0 Å². The number of carbonyl (C=O) groups is 1. The van der Waals surface area contributed by atoms with Gasteiger partial charge < -0.3 is 4.90 Å². The molecule has 0 saturated carbocycles. The number of hydrogen-bond donors (Lipinski definition) is 1. The molecule has 0 atom stereocenters. The molecular formula is C21H20N2O3S2. The molecule has 0 unspecified atom stereocenters. The highest BCUT2D eigenvalue weighted by Crippen LogP contribution is 2.21. The maximum atomic E-state index is 12.9. The third-order valence-corrected chi connectivity index (χ3v) is 7.63. The van der Waals surface area contributed by atoms with Crippen LogP contribution in [0.25, 0.3) is 0 Å². The highest BCUT2D eigenvalue weighted by molar-refractivity contribution is 7.94. The maximum Gasteiger partial charge on any atom is 0.271 e. The summed E-state index contributed by atoms with van der Waals surface area (Å²) >= 11 is 1.16. The van der Waals surface area contributed by atoms with Crippen molar-refractivity contribution in [2.45, 2.75) is 17.1 Å². The molecule has 0 spiro atoms. The van der Waals surface area contributed by atoms with E-state index >= 15 is 0 Å². The van der Waals surface area contributed by atoms with Crippen LogP contribution in [0.1, 0.15) is 21.5 Å². The van der Waals surface area contributed by atoms with Gasteiger partial charge in [-0.15, -0.1) is 11.3 Å². The lowest BCUT2D eigenvalue weighted by atomic mass is 10.0. The molecule has 7 heteroatoms. The van der Waals surface area contributed by atoms with Gasteiger partial charge in [0.2, 0.25) is 0 Å². The van der Waals surface area contributed by atoms with Gasteiger partial charge in [0.1, 0.15) is 4.21 Å². The van der Waals surface area contributed by atoms with E-state index in [2.05, 4.69) is 16.9 Å². The molecule has 28 heavy (non-hydrogen) atoms. The van der Waals surface area contributed by atoms with Gasteiger partial charge >= 0.3 is 0 Å². The van der Waals surface area contributed by atoms with Crippen LogP contribution in [0, 0.1) is 0 Å². The van der Waals surface area contributed by atoms with Crippen LogP contribution < -0.4 is 4.72 Å². The number of benzene rings is 2. The number of hydrogen-bond acceptors (Lipinski definition) is 4. The number of nitrogens with one attached hydrogen (secondary N) is 1. The van der Waals surface area contributed by atoms with Gasteiger partial charge in [0, 0.05) is 24.3 Å². The lowest BCUT2D eigenvalue weighted by molar-refractivity contribution is 0.0763. The predicted octanol–water partition coefficient (Wildman–Crippen LogP) is 3.79. The molecule has 1 aromatic heterocycles. The topological polar surface area (TPSA) is 66.5 Å². The zero-order valence-electron chi connectivity index (χ0n) is 15.2. The van der Waals surface area contributed by atoms with Gasteiger partial charge in [-0.25, -0.2) is 8.42 Å². The second-order valence-electron chi connectivity index (χ2n) is 6.68. The third kappa shape index (κ3) is 3.95. The molecule has 0 fully saturated rings. The van der Waals surface area contributed by atoms with E-state index in [1.54, 1.807) is 41.8 Å². The monoisotopic (exact) mass is 412 g/mol. The molecule has 0 saturated heterocycles. The summed E-state index contributed by atoms with van der Waals surface area (Å²) in [6.45, 7) is 1.37. The highest BCUT2D eigenvalue weighted by atomic mass is 32.2. The predicted molar refractivity (Wildman–Crippen MR) is 111 cm³/mol. The Balaban J connectivity index is 1.45. The Morgan fingerprint density at radius 1 is 0.893 bits per heavy atom. The standard InChI is InChI=1S/C21H20N2O3S2/c24-21(23-13-11-16-4-1-2-5-17(16)12-14-23)18-7-9-19(10-8-18)22-28(25,26)20-6-3-15-27-20/h1-10,15,22H,11-14H2. The molecule has 1 amide bonds. The normalized spacial score (nSPS) is 14.2. The van der Waals surface area contributed by atoms with E-state index < -0.39 is 10.0 Å². The van der Waals surface area contributed by atoms with Crippen LogP contribution in [0.4, 0.5) is 5.69 Å². The number of anilines is 1. The molecule has 4 rings (SSSR count). The van der Waals surface area contributed by atoms with E-state index in [0.717, 1.165) is 24.2 Å². The van der Waals surface area contributed by atoms with Crippen molar-refractivity contribution in [2.24, 2.45) is 0 Å². The van der Waals surface area contributed by atoms with Crippen LogP contribution in [-0.2, 0) is 22.9 Å². The first kappa shape index (κ1) is 18.7. The van der Waals surface area contributed by atoms with Crippen molar-refractivity contribution in [3.05, 3.63) is 82.7 Å². The Morgan fingerprint density at radius 2 is 1.54 bits per heavy atom. The van der Waals surface area contributed by atoms with E-state index in [-0.39, 0.29) is 10.1 Å². The van der Waals surface area contributed by atoms with Crippen LogP contribution in [0.2, 0.25) is 0 Å². The summed E-state index contributed by atoms with van der Waals surface area (Å²) in [5.41, 5.74) is 3.60. The smallest absolute Gasteiger partial charge is 0.271 e. The van der Waals surface area contributed by atoms with Gasteiger partial charge in [-0.2, -0.15) is 0 Å². The molecule has 2 aromatic carbocycles. The maximum absolute atomic E-state index is 12.9. The zero-order chi connectivity index (χ0) is 19.6. The summed E-state index contributed by atoms with van der Waals surface area (Å²) in [6, 6.07) is 18.2. The molecule has 5 nitrogen and oxygen atoms in total. The average Bonchev–Trinajstić information content (AvgIpc) is 3.17. The SMILES string of the molecule is O=C(c1ccc(NS(=O)(=O)c2cccs2)cc1)N1CCc2ccccc2CC1. The lowest BCUT2D eigenvalue weighted by Crippen LogP contribution is -2.33. The third-order valence-electron chi connectivity index (χ3n) is 4.85. The van der Waals surface area contributed by atoms with Gasteiger partial charge in [-0.3, -0.25) is 9.52 Å². The number of thiophene rings is 1. The van der Waals surface area contributed by atoms with Crippen molar-refractivity contribution in [3.8, 4) is 0 Å². The quantitative estimate of drug-likeness (QED) is 0.709. The fraction of sp³-hybridized carbons (Fsp3) is 0.190. The number of amides is 1. The van der Waals surface area contributed by atoms with Gasteiger partial charge in [0.25, 0.3) is 15.9 Å². The molecular weight excluding hydrogens is 392 g/mol. The van der Waals surface area contributed by atoms with Crippen LogP contribution in [0.15, 0.2) is 70.3 Å². The van der Waals surface area contributed by atoms with Crippen molar-refractivity contribution < 1.29 is 13.2 Å². The van der Waals surface area contributed by atoms with Crippen molar-refractivity contribution in [1.29, 1.82) is 0 Å². The van der Waals surface area contributed by atoms with Crippen LogP contribution in [-0.4, -0.2) is 32.3 Å². The second-order valence-corrected chi connectivity index (χ2v) is 9.53. The number of fused-ring (bicyclic) bond motifs is 1. The molecule has 0 bridgehead atoms. The Hall–Kier alpha value is -2.64. The van der Waals surface area contributed by atoms with Crippen molar-refractivity contribution >= 4 is 33.0 Å². The fourth-order valence-electron chi connectivity index (χ4n) is 3.36. The Morgan fingerprint density at radius 3 is 2.11 bits per heavy atom. The van der Waals surface area contributed by atoms with Gasteiger partial charge in [0.15, 0.2) is 0 Å². The molecule has 144 valence electrons. The molecule has 1 N–H and O–H groups in total. The van der Waals surface area contributed by atoms with E-state index in [4.69, 9.17) is 0 Å². The summed E-state index contributed by atoms with van der Waals surface area (Å²) in [4.78, 5) is 14.7. The highest BCUT2D eigenvalue weighted by Gasteiger charge is 2.20. The Kier molecular flexibility index (Phi) is 5.19. The van der Waals surface area contributed by atoms with Crippen LogP contribution in [0.3, 0.4) is 0 Å². The van der Waals surface area contributed by atoms with Gasteiger partial charge in [0.05, 0.1) is 0 Å². The summed E-state index contributed by atoms with van der Waals surface area (Å²) < 4.78 is 27.4. The first-order valence-corrected chi connectivity index (χ1v) is 11.4. The molecule has 1 aliphatic heterocycles. The Labute approximate surface area is 168 Å². The first-order chi connectivity index (χ1) is 13.5. The summed E-state index contributed by atoms with van der Waals surface area (Å²) in [5, 5.41) is 1.72. The van der Waals surface area contributed by atoms with Crippen molar-refractivity contribution in [3.63, 3.8) is 0 Å². The average molecular weight is 413 g/mol. The van der Waals surface area contributed by atoms with Gasteiger partial charge in [-0.05, 0) is 59.7 Å². The number of carbonyl (C=O) groups excluding carboxylic acids is 1. The van der Waals surface area contributed by atoms with Gasteiger partial charge in [-0.1, -0.05) is 30.3 Å². The zero-order valence-corrected chi connectivity index (χ0v) is 16.8. The summed E-state index contributed by atoms with van der Waals surface area (Å²) in [7, 11) is -3.59. The second kappa shape index (κ2) is 7.77. The summed E-state index contributed by atoms with van der Waals surface area (Å²) in [6.07, 6.45) is 1.70. The lowest BCUT2D eigenvalue weighted by Gasteiger charge is -2.20.